The van der Waals surface area contributed by atoms with Crippen LogP contribution in [0.5, 0.6) is 0 Å². The quantitative estimate of drug-likeness (QED) is 0.566. The average Bonchev–Trinajstić information content (AvgIpc) is 3.20. The van der Waals surface area contributed by atoms with Gasteiger partial charge in [0.1, 0.15) is 5.56 Å². The molecule has 1 N–H and O–H groups in total. The lowest BCUT2D eigenvalue weighted by atomic mass is 9.89. The van der Waals surface area contributed by atoms with Crippen LogP contribution in [0, 0.1) is 5.21 Å². The Labute approximate surface area is 156 Å². The first-order valence-electron chi connectivity index (χ1n) is 8.85. The van der Waals surface area contributed by atoms with Crippen molar-refractivity contribution in [2.24, 2.45) is 0 Å². The molecule has 1 atom stereocenters. The molecule has 3 aromatic rings. The van der Waals surface area contributed by atoms with Gasteiger partial charge in [0.15, 0.2) is 12.4 Å². The van der Waals surface area contributed by atoms with Crippen molar-refractivity contribution in [3.8, 4) is 0 Å². The number of pyridine rings is 1. The van der Waals surface area contributed by atoms with Crippen LogP contribution in [0.25, 0.3) is 0 Å². The minimum atomic E-state index is -0.244. The highest BCUT2D eigenvalue weighted by atomic mass is 32.1. The summed E-state index contributed by atoms with van der Waals surface area (Å²) in [4.78, 5) is 13.8. The molecule has 5 heteroatoms. The summed E-state index contributed by atoms with van der Waals surface area (Å²) in [5.41, 5.74) is 4.27. The van der Waals surface area contributed by atoms with Gasteiger partial charge in [0.25, 0.3) is 5.91 Å². The maximum atomic E-state index is 12.7. The Bertz CT molecular complexity index is 922. The Hall–Kier alpha value is -2.66. The van der Waals surface area contributed by atoms with Crippen molar-refractivity contribution >= 4 is 17.2 Å². The summed E-state index contributed by atoms with van der Waals surface area (Å²) in [5.74, 6) is -0.244. The summed E-state index contributed by atoms with van der Waals surface area (Å²) in [6.45, 7) is 0. The zero-order chi connectivity index (χ0) is 17.9. The van der Waals surface area contributed by atoms with Gasteiger partial charge in [0.2, 0.25) is 0 Å². The van der Waals surface area contributed by atoms with E-state index in [9.17, 15) is 10.0 Å². The van der Waals surface area contributed by atoms with Gasteiger partial charge in [-0.15, -0.1) is 11.3 Å². The van der Waals surface area contributed by atoms with Crippen molar-refractivity contribution in [2.45, 2.75) is 31.7 Å². The lowest BCUT2D eigenvalue weighted by molar-refractivity contribution is -0.605. The Morgan fingerprint density at radius 2 is 1.96 bits per heavy atom. The first-order chi connectivity index (χ1) is 12.7. The molecule has 132 valence electrons. The molecular weight excluding hydrogens is 344 g/mol. The third-order valence-corrected chi connectivity index (χ3v) is 5.78. The number of fused-ring (bicyclic) bond motifs is 1. The van der Waals surface area contributed by atoms with E-state index in [1.54, 1.807) is 23.5 Å². The number of aromatic nitrogens is 1. The topological polar surface area (TPSA) is 56.0 Å². The smallest absolute Gasteiger partial charge is 0.258 e. The van der Waals surface area contributed by atoms with E-state index in [-0.39, 0.29) is 11.9 Å². The Kier molecular flexibility index (Phi) is 4.71. The molecule has 4 nitrogen and oxygen atoms in total. The summed E-state index contributed by atoms with van der Waals surface area (Å²) in [7, 11) is 0. The highest BCUT2D eigenvalue weighted by Crippen LogP contribution is 2.30. The number of carbonyl (C=O) groups excluding carboxylic acids is 1. The second-order valence-electron chi connectivity index (χ2n) is 6.61. The van der Waals surface area contributed by atoms with Gasteiger partial charge in [-0.1, -0.05) is 24.3 Å². The zero-order valence-corrected chi connectivity index (χ0v) is 15.2. The molecular formula is C21H20N2O2S. The highest BCUT2D eigenvalue weighted by Gasteiger charge is 2.21. The molecule has 1 unspecified atom stereocenters. The molecule has 2 aromatic heterocycles. The van der Waals surface area contributed by atoms with Crippen LogP contribution >= 0.6 is 11.3 Å². The number of aryl methyl sites for hydroxylation is 2. The molecule has 0 fully saturated rings. The third-order valence-electron chi connectivity index (χ3n) is 4.85. The predicted octanol–water partition coefficient (Wildman–Crippen LogP) is 3.78. The van der Waals surface area contributed by atoms with E-state index in [0.717, 1.165) is 23.3 Å². The molecule has 26 heavy (non-hydrogen) atoms. The van der Waals surface area contributed by atoms with Gasteiger partial charge in [-0.2, -0.15) is 4.73 Å². The lowest BCUT2D eigenvalue weighted by Gasteiger charge is -2.22. The first kappa shape index (κ1) is 16.8. The molecule has 1 aliphatic carbocycles. The number of carbonyl (C=O) groups is 1. The minimum Gasteiger partial charge on any atom is -0.619 e. The number of hydrogen-bond donors (Lipinski definition) is 1. The van der Waals surface area contributed by atoms with Crippen LogP contribution in [0.4, 0.5) is 0 Å². The zero-order valence-electron chi connectivity index (χ0n) is 14.4. The van der Waals surface area contributed by atoms with E-state index in [4.69, 9.17) is 0 Å². The van der Waals surface area contributed by atoms with E-state index in [1.807, 2.05) is 17.5 Å². The summed E-state index contributed by atoms with van der Waals surface area (Å²) in [5, 5.41) is 16.6. The van der Waals surface area contributed by atoms with Crippen LogP contribution in [0.1, 0.15) is 50.8 Å². The molecule has 0 radical (unpaired) electrons. The van der Waals surface area contributed by atoms with Crippen molar-refractivity contribution < 1.29 is 9.52 Å². The number of nitrogens with zero attached hydrogens (tertiary/aromatic N) is 1. The summed E-state index contributed by atoms with van der Waals surface area (Å²) >= 11 is 1.62. The fourth-order valence-electron chi connectivity index (χ4n) is 3.51. The van der Waals surface area contributed by atoms with Crippen molar-refractivity contribution in [1.82, 2.24) is 5.32 Å². The van der Waals surface area contributed by atoms with E-state index in [2.05, 4.69) is 23.5 Å². The second kappa shape index (κ2) is 7.30. The Morgan fingerprint density at radius 1 is 1.12 bits per heavy atom. The maximum Gasteiger partial charge on any atom is 0.258 e. The monoisotopic (exact) mass is 364 g/mol. The molecule has 0 saturated carbocycles. The van der Waals surface area contributed by atoms with E-state index >= 15 is 0 Å². The van der Waals surface area contributed by atoms with Crippen LogP contribution in [0.15, 0.2) is 60.2 Å². The van der Waals surface area contributed by atoms with Gasteiger partial charge in [-0.3, -0.25) is 4.79 Å². The van der Waals surface area contributed by atoms with Crippen LogP contribution in [0.3, 0.4) is 0 Å². The van der Waals surface area contributed by atoms with Crippen molar-refractivity contribution in [2.75, 3.05) is 0 Å². The molecule has 0 bridgehead atoms. The Balaban J connectivity index is 1.66. The first-order valence-corrected chi connectivity index (χ1v) is 9.73. The SMILES string of the molecule is O=C(NC(c1ccc2c(c1)CCCC2)c1cccs1)c1ccc[n+]([O-])c1. The molecule has 0 spiro atoms. The second-order valence-corrected chi connectivity index (χ2v) is 7.59. The number of nitrogens with one attached hydrogen (secondary N) is 1. The third kappa shape index (κ3) is 3.48. The van der Waals surface area contributed by atoms with E-state index in [1.165, 1.54) is 36.4 Å². The molecule has 1 aromatic carbocycles. The number of thiophene rings is 1. The summed E-state index contributed by atoms with van der Waals surface area (Å²) < 4.78 is 0.647. The van der Waals surface area contributed by atoms with Crippen LogP contribution in [-0.2, 0) is 12.8 Å². The molecule has 4 rings (SSSR count). The van der Waals surface area contributed by atoms with E-state index < -0.39 is 0 Å². The van der Waals surface area contributed by atoms with Crippen LogP contribution < -0.4 is 10.0 Å². The van der Waals surface area contributed by atoms with E-state index in [0.29, 0.717) is 10.3 Å². The predicted molar refractivity (Wildman–Crippen MR) is 102 cm³/mol. The van der Waals surface area contributed by atoms with Gasteiger partial charge >= 0.3 is 0 Å². The van der Waals surface area contributed by atoms with Gasteiger partial charge in [0, 0.05) is 10.9 Å². The van der Waals surface area contributed by atoms with Gasteiger partial charge < -0.3 is 10.5 Å². The fraction of sp³-hybridized carbons (Fsp3) is 0.238. The van der Waals surface area contributed by atoms with Crippen molar-refractivity contribution in [3.63, 3.8) is 0 Å². The minimum absolute atomic E-state index is 0.213. The Morgan fingerprint density at radius 3 is 2.73 bits per heavy atom. The number of amides is 1. The largest absolute Gasteiger partial charge is 0.619 e. The van der Waals surface area contributed by atoms with Gasteiger partial charge in [0.05, 0.1) is 6.04 Å². The fourth-order valence-corrected chi connectivity index (χ4v) is 4.31. The molecule has 1 amide bonds. The molecule has 2 heterocycles. The molecule has 0 aliphatic heterocycles. The average molecular weight is 364 g/mol. The number of hydrogen-bond acceptors (Lipinski definition) is 3. The van der Waals surface area contributed by atoms with Gasteiger partial charge in [-0.05, 0) is 59.9 Å². The van der Waals surface area contributed by atoms with Gasteiger partial charge in [-0.25, -0.2) is 0 Å². The number of benzene rings is 1. The maximum absolute atomic E-state index is 12.7. The van der Waals surface area contributed by atoms with Crippen LogP contribution in [0.2, 0.25) is 0 Å². The normalized spacial score (nSPS) is 14.5. The summed E-state index contributed by atoms with van der Waals surface area (Å²) in [6.07, 6.45) is 7.38. The van der Waals surface area contributed by atoms with Crippen LogP contribution in [-0.4, -0.2) is 5.91 Å². The number of rotatable bonds is 4. The molecule has 0 saturated heterocycles. The molecule has 1 aliphatic rings. The standard InChI is InChI=1S/C21H20N2O2S/c24-21(18-7-3-11-23(25)14-18)22-20(19-8-4-12-26-19)17-10-9-15-5-1-2-6-16(15)13-17/h3-4,7-14,20H,1-2,5-6H2,(H,22,24). The highest BCUT2D eigenvalue weighted by molar-refractivity contribution is 7.10. The van der Waals surface area contributed by atoms with Crippen molar-refractivity contribution in [3.05, 3.63) is 92.6 Å². The van der Waals surface area contributed by atoms with Crippen molar-refractivity contribution in [1.29, 1.82) is 0 Å². The summed E-state index contributed by atoms with van der Waals surface area (Å²) in [6, 6.07) is 13.6. The lowest BCUT2D eigenvalue weighted by Crippen LogP contribution is -2.32.